The van der Waals surface area contributed by atoms with E-state index in [1.807, 2.05) is 18.2 Å². The predicted molar refractivity (Wildman–Crippen MR) is 78.6 cm³/mol. The van der Waals surface area contributed by atoms with Crippen LogP contribution < -0.4 is 10.2 Å². The second kappa shape index (κ2) is 5.09. The van der Waals surface area contributed by atoms with E-state index in [1.165, 1.54) is 7.11 Å². The van der Waals surface area contributed by atoms with Crippen molar-refractivity contribution in [3.8, 4) is 0 Å². The van der Waals surface area contributed by atoms with Gasteiger partial charge < -0.3 is 15.0 Å². The zero-order chi connectivity index (χ0) is 14.3. The standard InChI is InChI=1S/C14H15BrN2O3/c1-20-14(19)8-4-5-17-11-3-2-9(15)7-10(11)16-13(18)12(17)6-8/h2-3,7-8,12H,4-6H2,1H3,(H,16,18). The molecule has 2 heterocycles. The Morgan fingerprint density at radius 1 is 1.50 bits per heavy atom. The molecule has 3 rings (SSSR count). The number of nitrogens with zero attached hydrogens (tertiary/aromatic N) is 1. The van der Waals surface area contributed by atoms with Crippen LogP contribution in [-0.2, 0) is 14.3 Å². The average molecular weight is 339 g/mol. The Bertz CT molecular complexity index is 576. The van der Waals surface area contributed by atoms with Crippen LogP contribution in [0.1, 0.15) is 12.8 Å². The van der Waals surface area contributed by atoms with Crippen molar-refractivity contribution in [3.05, 3.63) is 22.7 Å². The minimum absolute atomic E-state index is 0.0517. The number of amides is 1. The molecule has 2 atom stereocenters. The number of hydrogen-bond donors (Lipinski definition) is 1. The van der Waals surface area contributed by atoms with Crippen molar-refractivity contribution in [3.63, 3.8) is 0 Å². The van der Waals surface area contributed by atoms with Crippen LogP contribution in [0.2, 0.25) is 0 Å². The minimum atomic E-state index is -0.290. The highest BCUT2D eigenvalue weighted by Gasteiger charge is 2.40. The molecule has 1 aromatic rings. The van der Waals surface area contributed by atoms with Crippen LogP contribution >= 0.6 is 15.9 Å². The molecule has 0 aromatic heterocycles. The number of methoxy groups -OCH3 is 1. The molecule has 1 fully saturated rings. The second-order valence-electron chi connectivity index (χ2n) is 5.10. The summed E-state index contributed by atoms with van der Waals surface area (Å²) in [6.07, 6.45) is 1.22. The summed E-state index contributed by atoms with van der Waals surface area (Å²) in [5.74, 6) is -0.466. The molecule has 1 N–H and O–H groups in total. The summed E-state index contributed by atoms with van der Waals surface area (Å²) in [6.45, 7) is 0.687. The maximum absolute atomic E-state index is 12.2. The smallest absolute Gasteiger partial charge is 0.308 e. The molecule has 2 aliphatic heterocycles. The van der Waals surface area contributed by atoms with Gasteiger partial charge in [-0.2, -0.15) is 0 Å². The fourth-order valence-electron chi connectivity index (χ4n) is 2.96. The van der Waals surface area contributed by atoms with E-state index < -0.39 is 0 Å². The molecular formula is C14H15BrN2O3. The Morgan fingerprint density at radius 3 is 3.05 bits per heavy atom. The number of carbonyl (C=O) groups excluding carboxylic acids is 2. The number of esters is 1. The van der Waals surface area contributed by atoms with E-state index in [9.17, 15) is 9.59 Å². The number of rotatable bonds is 1. The Labute approximate surface area is 125 Å². The quantitative estimate of drug-likeness (QED) is 0.797. The molecule has 0 aliphatic carbocycles. The lowest BCUT2D eigenvalue weighted by Gasteiger charge is -2.43. The first-order chi connectivity index (χ1) is 9.60. The number of nitrogens with one attached hydrogen (secondary N) is 1. The van der Waals surface area contributed by atoms with Gasteiger partial charge in [0.2, 0.25) is 5.91 Å². The average Bonchev–Trinajstić information content (AvgIpc) is 2.46. The molecule has 2 aliphatic rings. The van der Waals surface area contributed by atoms with Gasteiger partial charge in [-0.1, -0.05) is 15.9 Å². The van der Waals surface area contributed by atoms with Crippen LogP contribution in [0.3, 0.4) is 0 Å². The zero-order valence-corrected chi connectivity index (χ0v) is 12.6. The lowest BCUT2D eigenvalue weighted by atomic mass is 9.88. The molecule has 0 bridgehead atoms. The summed E-state index contributed by atoms with van der Waals surface area (Å²) in [4.78, 5) is 26.0. The minimum Gasteiger partial charge on any atom is -0.469 e. The lowest BCUT2D eigenvalue weighted by molar-refractivity contribution is -0.146. The Kier molecular flexibility index (Phi) is 3.41. The summed E-state index contributed by atoms with van der Waals surface area (Å²) in [5, 5.41) is 2.91. The molecule has 0 radical (unpaired) electrons. The first-order valence-corrected chi connectivity index (χ1v) is 7.34. The molecule has 5 nitrogen and oxygen atoms in total. The number of fused-ring (bicyclic) bond motifs is 3. The molecule has 1 saturated heterocycles. The number of benzene rings is 1. The summed E-state index contributed by atoms with van der Waals surface area (Å²) < 4.78 is 5.72. The maximum Gasteiger partial charge on any atom is 0.308 e. The van der Waals surface area contributed by atoms with Gasteiger partial charge in [0.25, 0.3) is 0 Å². The van der Waals surface area contributed by atoms with E-state index in [0.717, 1.165) is 15.8 Å². The molecule has 20 heavy (non-hydrogen) atoms. The van der Waals surface area contributed by atoms with Crippen molar-refractivity contribution in [2.45, 2.75) is 18.9 Å². The van der Waals surface area contributed by atoms with Gasteiger partial charge in [0, 0.05) is 11.0 Å². The van der Waals surface area contributed by atoms with E-state index in [2.05, 4.69) is 26.1 Å². The Morgan fingerprint density at radius 2 is 2.30 bits per heavy atom. The van der Waals surface area contributed by atoms with E-state index in [0.29, 0.717) is 19.4 Å². The van der Waals surface area contributed by atoms with Gasteiger partial charge in [-0.25, -0.2) is 0 Å². The van der Waals surface area contributed by atoms with E-state index in [1.54, 1.807) is 0 Å². The third-order valence-corrected chi connectivity index (χ3v) is 4.46. The molecule has 1 aromatic carbocycles. The van der Waals surface area contributed by atoms with E-state index >= 15 is 0 Å². The third kappa shape index (κ3) is 2.18. The van der Waals surface area contributed by atoms with Gasteiger partial charge in [0.1, 0.15) is 6.04 Å². The van der Waals surface area contributed by atoms with Crippen LogP contribution in [0, 0.1) is 5.92 Å². The van der Waals surface area contributed by atoms with Gasteiger partial charge >= 0.3 is 5.97 Å². The SMILES string of the molecule is COC(=O)C1CCN2c3ccc(Br)cc3NC(=O)C2C1. The number of carbonyl (C=O) groups is 2. The summed E-state index contributed by atoms with van der Waals surface area (Å²) in [5.41, 5.74) is 1.83. The van der Waals surface area contributed by atoms with Gasteiger partial charge in [-0.05, 0) is 31.0 Å². The summed E-state index contributed by atoms with van der Waals surface area (Å²) in [6, 6.07) is 5.56. The third-order valence-electron chi connectivity index (χ3n) is 3.97. The number of ether oxygens (including phenoxy) is 1. The highest BCUT2D eigenvalue weighted by molar-refractivity contribution is 9.10. The molecule has 6 heteroatoms. The van der Waals surface area contributed by atoms with Crippen molar-refractivity contribution >= 4 is 39.2 Å². The highest BCUT2D eigenvalue weighted by atomic mass is 79.9. The molecule has 1 amide bonds. The first kappa shape index (κ1) is 13.4. The normalized spacial score (nSPS) is 24.5. The maximum atomic E-state index is 12.2. The van der Waals surface area contributed by atoms with Gasteiger partial charge in [-0.15, -0.1) is 0 Å². The van der Waals surface area contributed by atoms with Crippen molar-refractivity contribution in [2.75, 3.05) is 23.9 Å². The lowest BCUT2D eigenvalue weighted by Crippen LogP contribution is -2.53. The van der Waals surface area contributed by atoms with Gasteiger partial charge in [0.05, 0.1) is 24.4 Å². The Hall–Kier alpha value is -1.56. The number of hydrogen-bond acceptors (Lipinski definition) is 4. The van der Waals surface area contributed by atoms with Crippen molar-refractivity contribution in [1.29, 1.82) is 0 Å². The number of anilines is 2. The summed E-state index contributed by atoms with van der Waals surface area (Å²) >= 11 is 3.41. The fourth-order valence-corrected chi connectivity index (χ4v) is 3.32. The summed E-state index contributed by atoms with van der Waals surface area (Å²) in [7, 11) is 1.39. The predicted octanol–water partition coefficient (Wildman–Crippen LogP) is 2.16. The van der Waals surface area contributed by atoms with Crippen LogP contribution in [0.5, 0.6) is 0 Å². The van der Waals surface area contributed by atoms with Crippen LogP contribution in [0.25, 0.3) is 0 Å². The fraction of sp³-hybridized carbons (Fsp3) is 0.429. The largest absolute Gasteiger partial charge is 0.469 e. The topological polar surface area (TPSA) is 58.6 Å². The van der Waals surface area contributed by atoms with Gasteiger partial charge in [-0.3, -0.25) is 9.59 Å². The van der Waals surface area contributed by atoms with Crippen molar-refractivity contribution in [2.24, 2.45) is 5.92 Å². The van der Waals surface area contributed by atoms with Crippen molar-refractivity contribution < 1.29 is 14.3 Å². The molecule has 2 unspecified atom stereocenters. The van der Waals surface area contributed by atoms with Crippen LogP contribution in [0.4, 0.5) is 11.4 Å². The molecule has 106 valence electrons. The highest BCUT2D eigenvalue weighted by Crippen LogP contribution is 2.38. The molecule has 0 spiro atoms. The van der Waals surface area contributed by atoms with Crippen LogP contribution in [-0.4, -0.2) is 31.6 Å². The number of halogens is 1. The van der Waals surface area contributed by atoms with Crippen LogP contribution in [0.15, 0.2) is 22.7 Å². The van der Waals surface area contributed by atoms with Gasteiger partial charge in [0.15, 0.2) is 0 Å². The first-order valence-electron chi connectivity index (χ1n) is 6.55. The molecule has 0 saturated carbocycles. The number of piperidine rings is 1. The monoisotopic (exact) mass is 338 g/mol. The van der Waals surface area contributed by atoms with E-state index in [4.69, 9.17) is 4.74 Å². The Balaban J connectivity index is 1.89. The van der Waals surface area contributed by atoms with Crippen molar-refractivity contribution in [1.82, 2.24) is 0 Å². The molecular weight excluding hydrogens is 324 g/mol. The zero-order valence-electron chi connectivity index (χ0n) is 11.1. The second-order valence-corrected chi connectivity index (χ2v) is 6.02. The van der Waals surface area contributed by atoms with E-state index in [-0.39, 0.29) is 23.8 Å².